The fourth-order valence-electron chi connectivity index (χ4n) is 1.90. The SMILES string of the molecule is COc1cccc(Cl)c1CNC(=O)c1cccc(F)c1N. The summed E-state index contributed by atoms with van der Waals surface area (Å²) >= 11 is 6.08. The van der Waals surface area contributed by atoms with Gasteiger partial charge in [0.25, 0.3) is 5.91 Å². The molecule has 0 spiro atoms. The number of hydrogen-bond acceptors (Lipinski definition) is 3. The molecule has 0 unspecified atom stereocenters. The molecule has 3 N–H and O–H groups in total. The van der Waals surface area contributed by atoms with Crippen LogP contribution >= 0.6 is 11.6 Å². The highest BCUT2D eigenvalue weighted by Gasteiger charge is 2.14. The van der Waals surface area contributed by atoms with Crippen molar-refractivity contribution in [3.8, 4) is 5.75 Å². The van der Waals surface area contributed by atoms with E-state index in [1.54, 1.807) is 18.2 Å². The van der Waals surface area contributed by atoms with Gasteiger partial charge in [0.2, 0.25) is 0 Å². The van der Waals surface area contributed by atoms with E-state index in [1.807, 2.05) is 0 Å². The number of nitrogen functional groups attached to an aromatic ring is 1. The quantitative estimate of drug-likeness (QED) is 0.853. The zero-order valence-electron chi connectivity index (χ0n) is 11.3. The Balaban J connectivity index is 2.17. The van der Waals surface area contributed by atoms with Crippen molar-refractivity contribution in [3.05, 3.63) is 58.4 Å². The van der Waals surface area contributed by atoms with Crippen LogP contribution in [0.2, 0.25) is 5.02 Å². The van der Waals surface area contributed by atoms with Gasteiger partial charge in [0, 0.05) is 17.1 Å². The van der Waals surface area contributed by atoms with Crippen LogP contribution in [0.15, 0.2) is 36.4 Å². The van der Waals surface area contributed by atoms with Gasteiger partial charge in [0.05, 0.1) is 18.4 Å². The molecule has 0 aliphatic rings. The number of carbonyl (C=O) groups is 1. The van der Waals surface area contributed by atoms with E-state index in [4.69, 9.17) is 22.1 Å². The van der Waals surface area contributed by atoms with Crippen molar-refractivity contribution in [3.63, 3.8) is 0 Å². The van der Waals surface area contributed by atoms with Gasteiger partial charge in [-0.25, -0.2) is 4.39 Å². The molecule has 0 saturated heterocycles. The minimum atomic E-state index is -0.627. The molecule has 2 aromatic rings. The molecule has 1 amide bonds. The maximum absolute atomic E-state index is 13.3. The number of benzene rings is 2. The number of methoxy groups -OCH3 is 1. The van der Waals surface area contributed by atoms with Gasteiger partial charge in [0.1, 0.15) is 11.6 Å². The summed E-state index contributed by atoms with van der Waals surface area (Å²) in [7, 11) is 1.52. The van der Waals surface area contributed by atoms with E-state index in [0.29, 0.717) is 16.3 Å². The summed E-state index contributed by atoms with van der Waals surface area (Å²) in [6, 6.07) is 9.26. The lowest BCUT2D eigenvalue weighted by Crippen LogP contribution is -2.24. The maximum Gasteiger partial charge on any atom is 0.253 e. The third-order valence-corrected chi connectivity index (χ3v) is 3.37. The second-order valence-corrected chi connectivity index (χ2v) is 4.71. The Bertz CT molecular complexity index is 677. The molecule has 21 heavy (non-hydrogen) atoms. The summed E-state index contributed by atoms with van der Waals surface area (Å²) in [5, 5.41) is 3.12. The van der Waals surface area contributed by atoms with Gasteiger partial charge in [-0.1, -0.05) is 23.7 Å². The van der Waals surface area contributed by atoms with Crippen LogP contribution < -0.4 is 15.8 Å². The predicted octanol–water partition coefficient (Wildman–Crippen LogP) is 3.00. The van der Waals surface area contributed by atoms with E-state index in [2.05, 4.69) is 5.32 Å². The molecule has 0 saturated carbocycles. The first kappa shape index (κ1) is 15.1. The third kappa shape index (κ3) is 3.25. The summed E-state index contributed by atoms with van der Waals surface area (Å²) in [6.07, 6.45) is 0. The van der Waals surface area contributed by atoms with Gasteiger partial charge in [-0.05, 0) is 24.3 Å². The molecule has 6 heteroatoms. The molecule has 0 aromatic heterocycles. The van der Waals surface area contributed by atoms with Crippen molar-refractivity contribution >= 4 is 23.2 Å². The van der Waals surface area contributed by atoms with Crippen LogP contribution in [0, 0.1) is 5.82 Å². The molecular weight excluding hydrogens is 295 g/mol. The lowest BCUT2D eigenvalue weighted by Gasteiger charge is -2.12. The van der Waals surface area contributed by atoms with Crippen molar-refractivity contribution < 1.29 is 13.9 Å². The number of hydrogen-bond donors (Lipinski definition) is 2. The largest absolute Gasteiger partial charge is 0.496 e. The van der Waals surface area contributed by atoms with Crippen LogP contribution in [-0.4, -0.2) is 13.0 Å². The van der Waals surface area contributed by atoms with Crippen LogP contribution in [0.3, 0.4) is 0 Å². The Labute approximate surface area is 126 Å². The van der Waals surface area contributed by atoms with Gasteiger partial charge < -0.3 is 15.8 Å². The zero-order valence-corrected chi connectivity index (χ0v) is 12.1. The molecular formula is C15H14ClFN2O2. The van der Waals surface area contributed by atoms with E-state index < -0.39 is 11.7 Å². The third-order valence-electron chi connectivity index (χ3n) is 3.02. The highest BCUT2D eigenvalue weighted by Crippen LogP contribution is 2.26. The van der Waals surface area contributed by atoms with E-state index in [0.717, 1.165) is 0 Å². The van der Waals surface area contributed by atoms with Crippen molar-refractivity contribution in [2.75, 3.05) is 12.8 Å². The lowest BCUT2D eigenvalue weighted by atomic mass is 10.1. The average Bonchev–Trinajstić information content (AvgIpc) is 2.48. The number of amides is 1. The van der Waals surface area contributed by atoms with Gasteiger partial charge in [0.15, 0.2) is 0 Å². The van der Waals surface area contributed by atoms with E-state index in [9.17, 15) is 9.18 Å². The minimum absolute atomic E-state index is 0.0843. The number of ether oxygens (including phenoxy) is 1. The number of halogens is 2. The minimum Gasteiger partial charge on any atom is -0.496 e. The molecule has 0 radical (unpaired) electrons. The highest BCUT2D eigenvalue weighted by atomic mass is 35.5. The fraction of sp³-hybridized carbons (Fsp3) is 0.133. The van der Waals surface area contributed by atoms with Crippen molar-refractivity contribution in [2.45, 2.75) is 6.54 Å². The summed E-state index contributed by atoms with van der Waals surface area (Å²) in [4.78, 5) is 12.1. The summed E-state index contributed by atoms with van der Waals surface area (Å²) in [5.41, 5.74) is 6.10. The van der Waals surface area contributed by atoms with Gasteiger partial charge >= 0.3 is 0 Å². The average molecular weight is 309 g/mol. The Morgan fingerprint density at radius 2 is 2.05 bits per heavy atom. The van der Waals surface area contributed by atoms with E-state index in [-0.39, 0.29) is 17.8 Å². The van der Waals surface area contributed by atoms with Crippen LogP contribution in [0.4, 0.5) is 10.1 Å². The number of rotatable bonds is 4. The topological polar surface area (TPSA) is 64.3 Å². The molecule has 0 bridgehead atoms. The van der Waals surface area contributed by atoms with Crippen molar-refractivity contribution in [1.82, 2.24) is 5.32 Å². The van der Waals surface area contributed by atoms with E-state index >= 15 is 0 Å². The summed E-state index contributed by atoms with van der Waals surface area (Å²) < 4.78 is 18.5. The number of para-hydroxylation sites is 1. The molecule has 0 fully saturated rings. The fourth-order valence-corrected chi connectivity index (χ4v) is 2.13. The Morgan fingerprint density at radius 3 is 2.76 bits per heavy atom. The molecule has 0 aliphatic carbocycles. The monoisotopic (exact) mass is 308 g/mol. The Hall–Kier alpha value is -2.27. The molecule has 2 aromatic carbocycles. The van der Waals surface area contributed by atoms with Crippen molar-refractivity contribution in [1.29, 1.82) is 0 Å². The van der Waals surface area contributed by atoms with Gasteiger partial charge in [-0.2, -0.15) is 0 Å². The Kier molecular flexibility index (Phi) is 4.65. The summed E-state index contributed by atoms with van der Waals surface area (Å²) in [6.45, 7) is 0.150. The standard InChI is InChI=1S/C15H14ClFN2O2/c1-21-13-7-3-5-11(16)10(13)8-19-15(20)9-4-2-6-12(17)14(9)18/h2-7H,8,18H2,1H3,(H,19,20). The van der Waals surface area contributed by atoms with Gasteiger partial charge in [-0.15, -0.1) is 0 Å². The second kappa shape index (κ2) is 6.45. The number of nitrogens with two attached hydrogens (primary N) is 1. The number of carbonyl (C=O) groups excluding carboxylic acids is 1. The highest BCUT2D eigenvalue weighted by molar-refractivity contribution is 6.31. The maximum atomic E-state index is 13.3. The van der Waals surface area contributed by atoms with Crippen LogP contribution in [0.5, 0.6) is 5.75 Å². The normalized spacial score (nSPS) is 10.2. The molecule has 0 aliphatic heterocycles. The Morgan fingerprint density at radius 1 is 1.33 bits per heavy atom. The second-order valence-electron chi connectivity index (χ2n) is 4.30. The number of anilines is 1. The van der Waals surface area contributed by atoms with Crippen molar-refractivity contribution in [2.24, 2.45) is 0 Å². The van der Waals surface area contributed by atoms with Gasteiger partial charge in [-0.3, -0.25) is 4.79 Å². The molecule has 2 rings (SSSR count). The first-order valence-electron chi connectivity index (χ1n) is 6.18. The summed E-state index contributed by atoms with van der Waals surface area (Å²) in [5.74, 6) is -0.540. The molecule has 0 heterocycles. The lowest BCUT2D eigenvalue weighted by molar-refractivity contribution is 0.0951. The van der Waals surface area contributed by atoms with Crippen LogP contribution in [0.25, 0.3) is 0 Å². The van der Waals surface area contributed by atoms with Crippen LogP contribution in [-0.2, 0) is 6.54 Å². The first-order valence-corrected chi connectivity index (χ1v) is 6.56. The number of nitrogens with one attached hydrogen (secondary N) is 1. The predicted molar refractivity (Wildman–Crippen MR) is 80.0 cm³/mol. The molecule has 0 atom stereocenters. The first-order chi connectivity index (χ1) is 10.0. The smallest absolute Gasteiger partial charge is 0.253 e. The van der Waals surface area contributed by atoms with E-state index in [1.165, 1.54) is 25.3 Å². The molecule has 110 valence electrons. The molecule has 4 nitrogen and oxygen atoms in total. The van der Waals surface area contributed by atoms with Crippen LogP contribution in [0.1, 0.15) is 15.9 Å². The zero-order chi connectivity index (χ0) is 15.4.